The van der Waals surface area contributed by atoms with Crippen molar-refractivity contribution >= 4 is 35.2 Å². The molecular weight excluding hydrogens is 585 g/mol. The van der Waals surface area contributed by atoms with Crippen molar-refractivity contribution in [3.8, 4) is 5.75 Å². The molecule has 2 saturated heterocycles. The molecule has 0 radical (unpaired) electrons. The number of piperidine rings is 1. The van der Waals surface area contributed by atoms with Crippen LogP contribution >= 0.6 is 23.2 Å². The lowest BCUT2D eigenvalue weighted by molar-refractivity contribution is -0.137. The van der Waals surface area contributed by atoms with E-state index in [-0.39, 0.29) is 17.9 Å². The maximum absolute atomic E-state index is 14.0. The van der Waals surface area contributed by atoms with E-state index in [0.717, 1.165) is 55.8 Å². The maximum Gasteiger partial charge on any atom is 0.410 e. The van der Waals surface area contributed by atoms with Crippen molar-refractivity contribution in [2.75, 3.05) is 39.8 Å². The molecule has 236 valence electrons. The number of carbonyl (C=O) groups excluding carboxylic acids is 2. The second kappa shape index (κ2) is 15.0. The van der Waals surface area contributed by atoms with Crippen LogP contribution < -0.4 is 4.74 Å². The molecule has 2 aliphatic heterocycles. The number of nitrogens with zero attached hydrogens (tertiary/aromatic N) is 3. The Hall–Kier alpha value is -2.48. The van der Waals surface area contributed by atoms with Gasteiger partial charge in [-0.1, -0.05) is 48.3 Å². The van der Waals surface area contributed by atoms with Gasteiger partial charge in [0.2, 0.25) is 5.91 Å². The van der Waals surface area contributed by atoms with Gasteiger partial charge in [0.15, 0.2) is 0 Å². The molecule has 2 heterocycles. The Kier molecular flexibility index (Phi) is 11.7. The number of amides is 2. The van der Waals surface area contributed by atoms with Gasteiger partial charge in [0.05, 0.1) is 0 Å². The third kappa shape index (κ3) is 9.50. The van der Waals surface area contributed by atoms with Crippen LogP contribution in [0.1, 0.15) is 76.8 Å². The highest BCUT2D eigenvalue weighted by molar-refractivity contribution is 6.31. The summed E-state index contributed by atoms with van der Waals surface area (Å²) in [7, 11) is 1.64. The van der Waals surface area contributed by atoms with Crippen LogP contribution in [0.4, 0.5) is 4.79 Å². The highest BCUT2D eigenvalue weighted by Gasteiger charge is 2.35. The molecule has 2 atom stereocenters. The van der Waals surface area contributed by atoms with E-state index in [1.54, 1.807) is 19.2 Å². The molecule has 4 rings (SSSR count). The van der Waals surface area contributed by atoms with Gasteiger partial charge in [0, 0.05) is 43.1 Å². The lowest BCUT2D eigenvalue weighted by Gasteiger charge is -2.37. The first kappa shape index (κ1) is 33.4. The average Bonchev–Trinajstić information content (AvgIpc) is 3.48. The molecule has 2 amide bonds. The fourth-order valence-corrected chi connectivity index (χ4v) is 6.23. The van der Waals surface area contributed by atoms with Crippen molar-refractivity contribution in [2.24, 2.45) is 0 Å². The van der Waals surface area contributed by atoms with Crippen molar-refractivity contribution in [2.45, 2.75) is 89.9 Å². The Morgan fingerprint density at radius 1 is 0.977 bits per heavy atom. The molecule has 7 nitrogen and oxygen atoms in total. The van der Waals surface area contributed by atoms with Crippen molar-refractivity contribution in [1.82, 2.24) is 14.7 Å². The first-order valence-electron chi connectivity index (χ1n) is 15.6. The van der Waals surface area contributed by atoms with Gasteiger partial charge in [-0.05, 0) is 107 Å². The van der Waals surface area contributed by atoms with Gasteiger partial charge in [-0.3, -0.25) is 14.6 Å². The minimum absolute atomic E-state index is 0.0778. The molecule has 0 spiro atoms. The number of likely N-dealkylation sites (tertiary alicyclic amines) is 2. The zero-order valence-electron chi connectivity index (χ0n) is 26.3. The minimum atomic E-state index is -0.696. The van der Waals surface area contributed by atoms with Crippen LogP contribution in [0.2, 0.25) is 10.0 Å². The van der Waals surface area contributed by atoms with E-state index in [2.05, 4.69) is 17.9 Å². The van der Waals surface area contributed by atoms with E-state index in [4.69, 9.17) is 32.7 Å². The van der Waals surface area contributed by atoms with Crippen molar-refractivity contribution < 1.29 is 19.1 Å². The molecule has 2 aromatic rings. The molecule has 0 bridgehead atoms. The summed E-state index contributed by atoms with van der Waals surface area (Å²) in [5, 5.41) is 1.29. The van der Waals surface area contributed by atoms with Crippen molar-refractivity contribution in [1.29, 1.82) is 0 Å². The Labute approximate surface area is 267 Å². The highest BCUT2D eigenvalue weighted by Crippen LogP contribution is 2.37. The third-order valence-corrected chi connectivity index (χ3v) is 8.89. The standard InChI is InChI=1S/C34H47Cl2N3O4/c1-6-28(23-38-17-7-8-18-38)42-31-22-27(36)13-14-29(31)25-15-19-39(20-16-25)32(40)30(21-24-9-11-26(35)12-10-24)37(5)33(41)43-34(2,3)4/h9-14,22,25,28,30H,6-8,15-21,23H2,1-5H3/t28?,30-/m1/s1. The van der Waals surface area contributed by atoms with Gasteiger partial charge < -0.3 is 14.4 Å². The summed E-state index contributed by atoms with van der Waals surface area (Å²) in [6.07, 6.45) is 5.00. The SMILES string of the molecule is CCC(CN1CCCC1)Oc1cc(Cl)ccc1C1CCN(C(=O)[C@@H](Cc2ccc(Cl)cc2)N(C)C(=O)OC(C)(C)C)CC1. The van der Waals surface area contributed by atoms with Crippen LogP contribution in [0.25, 0.3) is 0 Å². The molecular formula is C34H47Cl2N3O4. The van der Waals surface area contributed by atoms with E-state index in [0.29, 0.717) is 29.6 Å². The predicted octanol–water partition coefficient (Wildman–Crippen LogP) is 7.43. The fourth-order valence-electron chi connectivity index (χ4n) is 5.95. The first-order valence-corrected chi connectivity index (χ1v) is 16.4. The monoisotopic (exact) mass is 631 g/mol. The zero-order valence-corrected chi connectivity index (χ0v) is 27.8. The van der Waals surface area contributed by atoms with Gasteiger partial charge in [0.1, 0.15) is 23.5 Å². The van der Waals surface area contributed by atoms with Gasteiger partial charge in [0.25, 0.3) is 0 Å². The lowest BCUT2D eigenvalue weighted by Crippen LogP contribution is -2.53. The quantitative estimate of drug-likeness (QED) is 0.273. The summed E-state index contributed by atoms with van der Waals surface area (Å²) in [6.45, 7) is 12.0. The van der Waals surface area contributed by atoms with Crippen LogP contribution in [0.5, 0.6) is 5.75 Å². The van der Waals surface area contributed by atoms with Crippen LogP contribution in [-0.4, -0.2) is 84.2 Å². The highest BCUT2D eigenvalue weighted by atomic mass is 35.5. The smallest absolute Gasteiger partial charge is 0.410 e. The summed E-state index contributed by atoms with van der Waals surface area (Å²) in [6, 6.07) is 12.7. The van der Waals surface area contributed by atoms with Gasteiger partial charge in [-0.15, -0.1) is 0 Å². The number of hydrogen-bond donors (Lipinski definition) is 0. The van der Waals surface area contributed by atoms with Crippen LogP contribution in [0, 0.1) is 0 Å². The van der Waals surface area contributed by atoms with Crippen LogP contribution in [-0.2, 0) is 16.0 Å². The van der Waals surface area contributed by atoms with E-state index in [1.165, 1.54) is 17.7 Å². The summed E-state index contributed by atoms with van der Waals surface area (Å²) >= 11 is 12.5. The summed E-state index contributed by atoms with van der Waals surface area (Å²) in [4.78, 5) is 32.8. The van der Waals surface area contributed by atoms with Crippen LogP contribution in [0.15, 0.2) is 42.5 Å². The molecule has 2 fully saturated rings. The number of rotatable bonds is 10. The molecule has 43 heavy (non-hydrogen) atoms. The number of carbonyl (C=O) groups is 2. The van der Waals surface area contributed by atoms with E-state index in [9.17, 15) is 9.59 Å². The third-order valence-electron chi connectivity index (χ3n) is 8.41. The molecule has 1 unspecified atom stereocenters. The summed E-state index contributed by atoms with van der Waals surface area (Å²) < 4.78 is 12.2. The van der Waals surface area contributed by atoms with Crippen molar-refractivity contribution in [3.05, 3.63) is 63.6 Å². The summed E-state index contributed by atoms with van der Waals surface area (Å²) in [5.41, 5.74) is 1.41. The molecule has 0 N–H and O–H groups in total. The predicted molar refractivity (Wildman–Crippen MR) is 173 cm³/mol. The number of likely N-dealkylation sites (N-methyl/N-ethyl adjacent to an activating group) is 1. The fraction of sp³-hybridized carbons (Fsp3) is 0.588. The average molecular weight is 633 g/mol. The van der Waals surface area contributed by atoms with E-state index in [1.807, 2.05) is 49.9 Å². The normalized spacial score (nSPS) is 17.9. The number of halogens is 2. The number of hydrogen-bond acceptors (Lipinski definition) is 5. The molecule has 0 aromatic heterocycles. The van der Waals surface area contributed by atoms with Gasteiger partial charge >= 0.3 is 6.09 Å². The maximum atomic E-state index is 14.0. The Morgan fingerprint density at radius 3 is 2.21 bits per heavy atom. The number of benzene rings is 2. The molecule has 2 aliphatic rings. The number of ether oxygens (including phenoxy) is 2. The second-order valence-electron chi connectivity index (χ2n) is 12.9. The van der Waals surface area contributed by atoms with E-state index >= 15 is 0 Å². The Balaban J connectivity index is 1.46. The lowest BCUT2D eigenvalue weighted by atomic mass is 9.88. The van der Waals surface area contributed by atoms with Crippen molar-refractivity contribution in [3.63, 3.8) is 0 Å². The molecule has 9 heteroatoms. The minimum Gasteiger partial charge on any atom is -0.489 e. The largest absolute Gasteiger partial charge is 0.489 e. The van der Waals surface area contributed by atoms with E-state index < -0.39 is 17.7 Å². The molecule has 2 aromatic carbocycles. The molecule has 0 aliphatic carbocycles. The Morgan fingerprint density at radius 2 is 1.60 bits per heavy atom. The Bertz CT molecular complexity index is 1220. The first-order chi connectivity index (χ1) is 20.4. The zero-order chi connectivity index (χ0) is 31.1. The van der Waals surface area contributed by atoms with Gasteiger partial charge in [-0.25, -0.2) is 4.79 Å². The topological polar surface area (TPSA) is 62.3 Å². The summed E-state index contributed by atoms with van der Waals surface area (Å²) in [5.74, 6) is 1.03. The molecule has 0 saturated carbocycles. The second-order valence-corrected chi connectivity index (χ2v) is 13.7. The van der Waals surface area contributed by atoms with Gasteiger partial charge in [-0.2, -0.15) is 0 Å². The van der Waals surface area contributed by atoms with Crippen LogP contribution in [0.3, 0.4) is 0 Å².